The van der Waals surface area contributed by atoms with Crippen molar-refractivity contribution in [2.75, 3.05) is 18.1 Å². The average molecular weight is 302 g/mol. The van der Waals surface area contributed by atoms with Crippen LogP contribution in [0, 0.1) is 10.1 Å². The fourth-order valence-electron chi connectivity index (χ4n) is 2.08. The van der Waals surface area contributed by atoms with Crippen LogP contribution in [0.2, 0.25) is 0 Å². The van der Waals surface area contributed by atoms with Crippen LogP contribution in [0.4, 0.5) is 11.5 Å². The minimum Gasteiger partial charge on any atom is -0.394 e. The summed E-state index contributed by atoms with van der Waals surface area (Å²) in [4.78, 5) is 16.5. The molecule has 17 heavy (non-hydrogen) atoms. The Morgan fingerprint density at radius 1 is 1.71 bits per heavy atom. The molecule has 1 fully saturated rings. The van der Waals surface area contributed by atoms with Crippen LogP contribution >= 0.6 is 15.9 Å². The lowest BCUT2D eigenvalue weighted by atomic mass is 10.2. The monoisotopic (exact) mass is 301 g/mol. The topological polar surface area (TPSA) is 79.5 Å². The second-order valence-electron chi connectivity index (χ2n) is 3.93. The van der Waals surface area contributed by atoms with E-state index in [1.165, 1.54) is 12.3 Å². The molecule has 0 amide bonds. The van der Waals surface area contributed by atoms with Crippen LogP contribution < -0.4 is 4.90 Å². The number of halogens is 1. The molecule has 1 unspecified atom stereocenters. The first-order valence-electron chi connectivity index (χ1n) is 5.31. The standard InChI is InChI=1S/C10H12BrN3O3/c11-7-4-9(14(16)17)10(12-5-7)13-3-1-2-8(13)6-15/h4-5,8,15H,1-3,6H2. The molecular formula is C10H12BrN3O3. The lowest BCUT2D eigenvalue weighted by Gasteiger charge is -2.23. The Balaban J connectivity index is 2.40. The zero-order valence-corrected chi connectivity index (χ0v) is 10.6. The quantitative estimate of drug-likeness (QED) is 0.679. The van der Waals surface area contributed by atoms with Gasteiger partial charge in [0.1, 0.15) is 0 Å². The van der Waals surface area contributed by atoms with Crippen molar-refractivity contribution in [3.05, 3.63) is 26.9 Å². The van der Waals surface area contributed by atoms with Gasteiger partial charge in [0.25, 0.3) is 0 Å². The van der Waals surface area contributed by atoms with Crippen LogP contribution in [0.15, 0.2) is 16.7 Å². The molecule has 1 N–H and O–H groups in total. The summed E-state index contributed by atoms with van der Waals surface area (Å²) in [6.07, 6.45) is 3.29. The van der Waals surface area contributed by atoms with E-state index in [1.54, 1.807) is 0 Å². The van der Waals surface area contributed by atoms with Crippen LogP contribution in [0.1, 0.15) is 12.8 Å². The van der Waals surface area contributed by atoms with Gasteiger partial charge in [-0.3, -0.25) is 10.1 Å². The molecule has 1 atom stereocenters. The molecule has 0 aliphatic carbocycles. The third-order valence-electron chi connectivity index (χ3n) is 2.87. The predicted octanol–water partition coefficient (Wildman–Crippen LogP) is 1.71. The number of hydrogen-bond donors (Lipinski definition) is 1. The van der Waals surface area contributed by atoms with Gasteiger partial charge in [0.2, 0.25) is 5.82 Å². The summed E-state index contributed by atoms with van der Waals surface area (Å²) in [5.41, 5.74) is -0.0280. The molecule has 1 saturated heterocycles. The van der Waals surface area contributed by atoms with Crippen molar-refractivity contribution in [1.82, 2.24) is 4.98 Å². The molecule has 6 nitrogen and oxygen atoms in total. The van der Waals surface area contributed by atoms with E-state index in [4.69, 9.17) is 0 Å². The Kier molecular flexibility index (Phi) is 3.58. The van der Waals surface area contributed by atoms with E-state index in [0.717, 1.165) is 12.8 Å². The number of nitro groups is 1. The molecular weight excluding hydrogens is 290 g/mol. The summed E-state index contributed by atoms with van der Waals surface area (Å²) in [7, 11) is 0. The molecule has 1 aromatic heterocycles. The largest absolute Gasteiger partial charge is 0.394 e. The number of aliphatic hydroxyl groups excluding tert-OH is 1. The second kappa shape index (κ2) is 4.97. The van der Waals surface area contributed by atoms with Crippen molar-refractivity contribution in [1.29, 1.82) is 0 Å². The number of hydrogen-bond acceptors (Lipinski definition) is 5. The van der Waals surface area contributed by atoms with E-state index >= 15 is 0 Å². The van der Waals surface area contributed by atoms with Crippen LogP contribution in [0.5, 0.6) is 0 Å². The Morgan fingerprint density at radius 3 is 3.12 bits per heavy atom. The van der Waals surface area contributed by atoms with E-state index in [1.807, 2.05) is 4.90 Å². The van der Waals surface area contributed by atoms with E-state index in [2.05, 4.69) is 20.9 Å². The van der Waals surface area contributed by atoms with Crippen molar-refractivity contribution >= 4 is 27.4 Å². The summed E-state index contributed by atoms with van der Waals surface area (Å²) >= 11 is 3.17. The first-order chi connectivity index (χ1) is 8.13. The zero-order valence-electron chi connectivity index (χ0n) is 9.04. The van der Waals surface area contributed by atoms with E-state index in [9.17, 15) is 15.2 Å². The maximum atomic E-state index is 11.0. The fraction of sp³-hybridized carbons (Fsp3) is 0.500. The van der Waals surface area contributed by atoms with Gasteiger partial charge in [-0.05, 0) is 28.8 Å². The second-order valence-corrected chi connectivity index (χ2v) is 4.84. The molecule has 0 aromatic carbocycles. The lowest BCUT2D eigenvalue weighted by molar-refractivity contribution is -0.384. The number of rotatable bonds is 3. The molecule has 0 spiro atoms. The van der Waals surface area contributed by atoms with Crippen molar-refractivity contribution in [3.8, 4) is 0 Å². The third kappa shape index (κ3) is 2.39. The van der Waals surface area contributed by atoms with Gasteiger partial charge in [-0.15, -0.1) is 0 Å². The van der Waals surface area contributed by atoms with Crippen LogP contribution in [0.25, 0.3) is 0 Å². The lowest BCUT2D eigenvalue weighted by Crippen LogP contribution is -2.33. The molecule has 2 rings (SSSR count). The highest BCUT2D eigenvalue weighted by molar-refractivity contribution is 9.10. The molecule has 0 radical (unpaired) electrons. The predicted molar refractivity (Wildman–Crippen MR) is 66.0 cm³/mol. The fourth-order valence-corrected chi connectivity index (χ4v) is 2.40. The number of aromatic nitrogens is 1. The van der Waals surface area contributed by atoms with Crippen molar-refractivity contribution in [2.45, 2.75) is 18.9 Å². The summed E-state index contributed by atoms with van der Waals surface area (Å²) in [6, 6.07) is 1.37. The maximum Gasteiger partial charge on any atom is 0.312 e. The molecule has 1 aliphatic rings. The Bertz CT molecular complexity index is 441. The van der Waals surface area contributed by atoms with E-state index in [-0.39, 0.29) is 18.3 Å². The molecule has 2 heterocycles. The highest BCUT2D eigenvalue weighted by Crippen LogP contribution is 2.33. The smallest absolute Gasteiger partial charge is 0.312 e. The van der Waals surface area contributed by atoms with Crippen LogP contribution in [-0.4, -0.2) is 34.2 Å². The molecule has 1 aliphatic heterocycles. The van der Waals surface area contributed by atoms with Gasteiger partial charge >= 0.3 is 5.69 Å². The number of anilines is 1. The summed E-state index contributed by atoms with van der Waals surface area (Å²) in [6.45, 7) is 0.690. The van der Waals surface area contributed by atoms with Crippen LogP contribution in [-0.2, 0) is 0 Å². The van der Waals surface area contributed by atoms with Gasteiger partial charge in [-0.2, -0.15) is 0 Å². The van der Waals surface area contributed by atoms with Crippen LogP contribution in [0.3, 0.4) is 0 Å². The van der Waals surface area contributed by atoms with Crippen molar-refractivity contribution < 1.29 is 10.0 Å². The van der Waals surface area contributed by atoms with Gasteiger partial charge < -0.3 is 10.0 Å². The van der Waals surface area contributed by atoms with Gasteiger partial charge in [0.15, 0.2) is 0 Å². The molecule has 0 saturated carbocycles. The SMILES string of the molecule is O=[N+]([O-])c1cc(Br)cnc1N1CCCC1CO. The minimum absolute atomic E-state index is 0.00506. The van der Waals surface area contributed by atoms with Gasteiger partial charge in [0, 0.05) is 23.3 Å². The minimum atomic E-state index is -0.445. The van der Waals surface area contributed by atoms with E-state index in [0.29, 0.717) is 16.8 Å². The Hall–Kier alpha value is -1.21. The first-order valence-corrected chi connectivity index (χ1v) is 6.10. The zero-order chi connectivity index (χ0) is 12.4. The first kappa shape index (κ1) is 12.3. The Labute approximate surface area is 107 Å². The third-order valence-corrected chi connectivity index (χ3v) is 3.30. The summed E-state index contributed by atoms with van der Waals surface area (Å²) < 4.78 is 0.577. The number of pyridine rings is 1. The number of nitrogens with zero attached hydrogens (tertiary/aromatic N) is 3. The normalized spacial score (nSPS) is 19.6. The average Bonchev–Trinajstić information content (AvgIpc) is 2.76. The molecule has 0 bridgehead atoms. The maximum absolute atomic E-state index is 11.0. The number of aliphatic hydroxyl groups is 1. The van der Waals surface area contributed by atoms with E-state index < -0.39 is 4.92 Å². The molecule has 7 heteroatoms. The summed E-state index contributed by atoms with van der Waals surface area (Å²) in [5.74, 6) is 0.342. The highest BCUT2D eigenvalue weighted by atomic mass is 79.9. The van der Waals surface area contributed by atoms with Gasteiger partial charge in [0.05, 0.1) is 17.6 Å². The van der Waals surface area contributed by atoms with Gasteiger partial charge in [-0.1, -0.05) is 0 Å². The summed E-state index contributed by atoms with van der Waals surface area (Å²) in [5, 5.41) is 20.2. The highest BCUT2D eigenvalue weighted by Gasteiger charge is 2.30. The molecule has 92 valence electrons. The molecule has 1 aromatic rings. The van der Waals surface area contributed by atoms with Gasteiger partial charge in [-0.25, -0.2) is 4.98 Å². The Morgan fingerprint density at radius 2 is 2.47 bits per heavy atom. The van der Waals surface area contributed by atoms with Crippen molar-refractivity contribution in [3.63, 3.8) is 0 Å². The van der Waals surface area contributed by atoms with Crippen molar-refractivity contribution in [2.24, 2.45) is 0 Å².